The lowest BCUT2D eigenvalue weighted by Crippen LogP contribution is -2.40. The van der Waals surface area contributed by atoms with Crippen molar-refractivity contribution in [2.75, 3.05) is 7.11 Å². The first kappa shape index (κ1) is 19.6. The number of benzene rings is 1. The van der Waals surface area contributed by atoms with E-state index in [0.29, 0.717) is 10.2 Å². The van der Waals surface area contributed by atoms with Crippen LogP contribution in [0.3, 0.4) is 0 Å². The van der Waals surface area contributed by atoms with E-state index in [1.807, 2.05) is 30.3 Å². The number of hydrogen-bond donors (Lipinski definition) is 1. The van der Waals surface area contributed by atoms with Crippen molar-refractivity contribution < 1.29 is 9.53 Å². The van der Waals surface area contributed by atoms with E-state index in [9.17, 15) is 9.59 Å². The van der Waals surface area contributed by atoms with Crippen LogP contribution in [-0.4, -0.2) is 28.6 Å². The highest BCUT2D eigenvalue weighted by molar-refractivity contribution is 7.22. The molecule has 0 bridgehead atoms. The third kappa shape index (κ3) is 4.34. The van der Waals surface area contributed by atoms with Crippen molar-refractivity contribution in [3.63, 3.8) is 0 Å². The molecule has 152 valence electrons. The molecule has 0 saturated heterocycles. The van der Waals surface area contributed by atoms with Gasteiger partial charge in [-0.2, -0.15) is 0 Å². The molecule has 3 aromatic rings. The first-order valence-corrected chi connectivity index (χ1v) is 10.8. The molecule has 0 unspecified atom stereocenters. The van der Waals surface area contributed by atoms with Crippen molar-refractivity contribution in [2.24, 2.45) is 5.92 Å². The minimum atomic E-state index is -0.174. The van der Waals surface area contributed by atoms with Crippen LogP contribution in [0.4, 0.5) is 0 Å². The molecule has 2 heterocycles. The molecule has 1 saturated carbocycles. The summed E-state index contributed by atoms with van der Waals surface area (Å²) in [6.45, 7) is 2.25. The average Bonchev–Trinajstić information content (AvgIpc) is 3.17. The monoisotopic (exact) mass is 411 g/mol. The predicted molar refractivity (Wildman–Crippen MR) is 115 cm³/mol. The van der Waals surface area contributed by atoms with E-state index in [1.54, 1.807) is 7.11 Å². The topological polar surface area (TPSA) is 73.2 Å². The Balaban J connectivity index is 1.51. The lowest BCUT2D eigenvalue weighted by Gasteiger charge is -2.26. The summed E-state index contributed by atoms with van der Waals surface area (Å²) in [5.41, 5.74) is 1.49. The number of thiophene rings is 1. The summed E-state index contributed by atoms with van der Waals surface area (Å²) in [7, 11) is 1.63. The number of methoxy groups -OCH3 is 1. The summed E-state index contributed by atoms with van der Waals surface area (Å²) in [6.07, 6.45) is 5.77. The fraction of sp³-hybridized carbons (Fsp3) is 0.409. The standard InChI is InChI=1S/C22H25N3O3S/c1-14-3-7-16(8-4-14)24-20(26)12-25-13-23-18-11-19(29-21(18)22(25)27)15-5-9-17(28-2)10-6-15/h5-6,9-11,13-14,16H,3-4,7-8,12H2,1-2H3,(H,24,26). The number of aromatic nitrogens is 2. The zero-order chi connectivity index (χ0) is 20.4. The highest BCUT2D eigenvalue weighted by Gasteiger charge is 2.20. The molecule has 6 nitrogen and oxygen atoms in total. The number of amides is 1. The number of fused-ring (bicyclic) bond motifs is 1. The Morgan fingerprint density at radius 2 is 1.97 bits per heavy atom. The Hall–Kier alpha value is -2.67. The van der Waals surface area contributed by atoms with Crippen LogP contribution >= 0.6 is 11.3 Å². The van der Waals surface area contributed by atoms with Gasteiger partial charge in [-0.15, -0.1) is 11.3 Å². The van der Waals surface area contributed by atoms with E-state index in [0.717, 1.165) is 47.8 Å². The zero-order valence-electron chi connectivity index (χ0n) is 16.7. The van der Waals surface area contributed by atoms with Crippen molar-refractivity contribution in [1.29, 1.82) is 0 Å². The van der Waals surface area contributed by atoms with Gasteiger partial charge in [0.1, 0.15) is 17.0 Å². The maximum Gasteiger partial charge on any atom is 0.271 e. The van der Waals surface area contributed by atoms with Crippen LogP contribution < -0.4 is 15.6 Å². The molecule has 4 rings (SSSR count). The molecule has 1 fully saturated rings. The lowest BCUT2D eigenvalue weighted by molar-refractivity contribution is -0.122. The summed E-state index contributed by atoms with van der Waals surface area (Å²) in [4.78, 5) is 30.7. The molecule has 1 aromatic carbocycles. The molecule has 0 aliphatic heterocycles. The van der Waals surface area contributed by atoms with Gasteiger partial charge in [0.25, 0.3) is 5.56 Å². The molecule has 1 amide bonds. The number of rotatable bonds is 5. The minimum absolute atomic E-state index is 0.00357. The van der Waals surface area contributed by atoms with E-state index < -0.39 is 0 Å². The number of carbonyl (C=O) groups excluding carboxylic acids is 1. The molecule has 0 spiro atoms. The second-order valence-electron chi connectivity index (χ2n) is 7.76. The van der Waals surface area contributed by atoms with Crippen LogP contribution in [0, 0.1) is 5.92 Å². The van der Waals surface area contributed by atoms with Gasteiger partial charge in [-0.25, -0.2) is 4.98 Å². The number of hydrogen-bond acceptors (Lipinski definition) is 5. The minimum Gasteiger partial charge on any atom is -0.497 e. The summed E-state index contributed by atoms with van der Waals surface area (Å²) < 4.78 is 7.16. The Kier molecular flexibility index (Phi) is 5.67. The molecular formula is C22H25N3O3S. The first-order chi connectivity index (χ1) is 14.0. The fourth-order valence-electron chi connectivity index (χ4n) is 3.79. The number of ether oxygens (including phenoxy) is 1. The van der Waals surface area contributed by atoms with Crippen LogP contribution in [0.2, 0.25) is 0 Å². The SMILES string of the molecule is COc1ccc(-c2cc3ncn(CC(=O)NC4CCC(C)CC4)c(=O)c3s2)cc1. The Labute approximate surface area is 173 Å². The van der Waals surface area contributed by atoms with Crippen LogP contribution in [0.25, 0.3) is 20.7 Å². The average molecular weight is 412 g/mol. The first-order valence-electron chi connectivity index (χ1n) is 9.96. The quantitative estimate of drug-likeness (QED) is 0.693. The van der Waals surface area contributed by atoms with E-state index in [2.05, 4.69) is 17.2 Å². The van der Waals surface area contributed by atoms with Gasteiger partial charge in [0.2, 0.25) is 5.91 Å². The van der Waals surface area contributed by atoms with E-state index >= 15 is 0 Å². The molecule has 1 aliphatic rings. The molecule has 29 heavy (non-hydrogen) atoms. The Morgan fingerprint density at radius 3 is 2.66 bits per heavy atom. The molecular weight excluding hydrogens is 386 g/mol. The number of carbonyl (C=O) groups is 1. The second-order valence-corrected chi connectivity index (χ2v) is 8.81. The van der Waals surface area contributed by atoms with E-state index in [1.165, 1.54) is 22.2 Å². The van der Waals surface area contributed by atoms with Crippen molar-refractivity contribution in [1.82, 2.24) is 14.9 Å². The summed E-state index contributed by atoms with van der Waals surface area (Å²) in [5.74, 6) is 1.39. The molecule has 2 aromatic heterocycles. The second kappa shape index (κ2) is 8.37. The van der Waals surface area contributed by atoms with Crippen LogP contribution in [0.1, 0.15) is 32.6 Å². The largest absolute Gasteiger partial charge is 0.497 e. The Morgan fingerprint density at radius 1 is 1.24 bits per heavy atom. The van der Waals surface area contributed by atoms with Crippen molar-refractivity contribution in [2.45, 2.75) is 45.2 Å². The van der Waals surface area contributed by atoms with Crippen LogP contribution in [0.5, 0.6) is 5.75 Å². The molecule has 0 atom stereocenters. The van der Waals surface area contributed by atoms with Gasteiger partial charge in [-0.05, 0) is 67.5 Å². The van der Waals surface area contributed by atoms with Gasteiger partial charge < -0.3 is 10.1 Å². The lowest BCUT2D eigenvalue weighted by atomic mass is 9.87. The van der Waals surface area contributed by atoms with Crippen molar-refractivity contribution >= 4 is 27.5 Å². The normalized spacial score (nSPS) is 19.2. The number of nitrogens with zero attached hydrogens (tertiary/aromatic N) is 2. The van der Waals surface area contributed by atoms with Gasteiger partial charge in [0.05, 0.1) is 19.0 Å². The van der Waals surface area contributed by atoms with Gasteiger partial charge in [-0.1, -0.05) is 6.92 Å². The summed E-state index contributed by atoms with van der Waals surface area (Å²) in [6, 6.07) is 9.83. The van der Waals surface area contributed by atoms with Gasteiger partial charge in [0.15, 0.2) is 0 Å². The van der Waals surface area contributed by atoms with Crippen molar-refractivity contribution in [3.8, 4) is 16.2 Å². The highest BCUT2D eigenvalue weighted by atomic mass is 32.1. The maximum atomic E-state index is 12.9. The number of nitrogens with one attached hydrogen (secondary N) is 1. The third-order valence-electron chi connectivity index (χ3n) is 5.57. The predicted octanol–water partition coefficient (Wildman–Crippen LogP) is 3.83. The Bertz CT molecular complexity index is 1060. The van der Waals surface area contributed by atoms with E-state index in [-0.39, 0.29) is 24.1 Å². The van der Waals surface area contributed by atoms with Gasteiger partial charge in [-0.3, -0.25) is 14.2 Å². The molecule has 1 N–H and O–H groups in total. The zero-order valence-corrected chi connectivity index (χ0v) is 17.5. The van der Waals surface area contributed by atoms with Crippen LogP contribution in [-0.2, 0) is 11.3 Å². The van der Waals surface area contributed by atoms with E-state index in [4.69, 9.17) is 4.74 Å². The molecule has 1 aliphatic carbocycles. The van der Waals surface area contributed by atoms with Crippen LogP contribution in [0.15, 0.2) is 41.5 Å². The molecule has 7 heteroatoms. The van der Waals surface area contributed by atoms with Crippen molar-refractivity contribution in [3.05, 3.63) is 47.0 Å². The smallest absolute Gasteiger partial charge is 0.271 e. The summed E-state index contributed by atoms with van der Waals surface area (Å²) >= 11 is 1.40. The van der Waals surface area contributed by atoms with Gasteiger partial charge in [0, 0.05) is 10.9 Å². The third-order valence-corrected chi connectivity index (χ3v) is 6.73. The fourth-order valence-corrected chi connectivity index (χ4v) is 4.85. The summed E-state index contributed by atoms with van der Waals surface area (Å²) in [5, 5.41) is 3.07. The maximum absolute atomic E-state index is 12.9. The highest BCUT2D eigenvalue weighted by Crippen LogP contribution is 2.31. The van der Waals surface area contributed by atoms with Gasteiger partial charge >= 0.3 is 0 Å². The molecule has 0 radical (unpaired) electrons.